The number of hydrogen-bond donors (Lipinski definition) is 2. The van der Waals surface area contributed by atoms with Gasteiger partial charge in [-0.1, -0.05) is 32.0 Å². The Hall–Kier alpha value is -3.88. The summed E-state index contributed by atoms with van der Waals surface area (Å²) in [7, 11) is 3.85. The molecule has 0 saturated carbocycles. The van der Waals surface area contributed by atoms with Crippen molar-refractivity contribution in [3.8, 4) is 0 Å². The molecule has 2 aromatic carbocycles. The van der Waals surface area contributed by atoms with Gasteiger partial charge in [0.1, 0.15) is 12.1 Å². The molecule has 0 radical (unpaired) electrons. The van der Waals surface area contributed by atoms with Crippen molar-refractivity contribution < 1.29 is 19.2 Å². The molecule has 0 bridgehead atoms. The summed E-state index contributed by atoms with van der Waals surface area (Å²) in [5.41, 5.74) is 2.08. The second-order valence-corrected chi connectivity index (χ2v) is 10.3. The number of nitrogens with zero attached hydrogens (tertiary/aromatic N) is 3. The first-order valence-electron chi connectivity index (χ1n) is 12.7. The van der Waals surface area contributed by atoms with E-state index in [0.717, 1.165) is 5.69 Å². The third kappa shape index (κ3) is 5.76. The van der Waals surface area contributed by atoms with Gasteiger partial charge in [-0.05, 0) is 55.2 Å². The van der Waals surface area contributed by atoms with Crippen LogP contribution in [0.15, 0.2) is 54.6 Å². The predicted molar refractivity (Wildman–Crippen MR) is 143 cm³/mol. The Morgan fingerprint density at radius 2 is 1.68 bits per heavy atom. The molecule has 0 aliphatic carbocycles. The highest BCUT2D eigenvalue weighted by Gasteiger charge is 2.52. The maximum Gasteiger partial charge on any atom is 0.322 e. The largest absolute Gasteiger partial charge is 0.378 e. The molecule has 2 fully saturated rings. The van der Waals surface area contributed by atoms with Crippen molar-refractivity contribution in [3.63, 3.8) is 0 Å². The summed E-state index contributed by atoms with van der Waals surface area (Å²) in [5, 5.41) is 5.74. The summed E-state index contributed by atoms with van der Waals surface area (Å²) in [6.07, 6.45) is 0.958. The number of nitrogens with one attached hydrogen (secondary N) is 2. The van der Waals surface area contributed by atoms with Crippen molar-refractivity contribution in [1.29, 1.82) is 0 Å². The van der Waals surface area contributed by atoms with Crippen LogP contribution in [0.25, 0.3) is 0 Å². The minimum absolute atomic E-state index is 0.0444. The van der Waals surface area contributed by atoms with Crippen LogP contribution in [0.1, 0.15) is 37.0 Å². The van der Waals surface area contributed by atoms with Crippen molar-refractivity contribution >= 4 is 35.0 Å². The van der Waals surface area contributed by atoms with Gasteiger partial charge in [-0.15, -0.1) is 0 Å². The molecule has 2 heterocycles. The summed E-state index contributed by atoms with van der Waals surface area (Å²) in [4.78, 5) is 57.7. The van der Waals surface area contributed by atoms with Crippen LogP contribution in [0.5, 0.6) is 0 Å². The van der Waals surface area contributed by atoms with Crippen molar-refractivity contribution in [3.05, 3.63) is 60.2 Å². The molecule has 4 rings (SSSR count). The number of fused-ring (bicyclic) bond motifs is 1. The number of urea groups is 1. The van der Waals surface area contributed by atoms with E-state index in [0.29, 0.717) is 30.6 Å². The van der Waals surface area contributed by atoms with Gasteiger partial charge >= 0.3 is 6.03 Å². The van der Waals surface area contributed by atoms with E-state index >= 15 is 0 Å². The number of carbonyl (C=O) groups excluding carboxylic acids is 4. The van der Waals surface area contributed by atoms with Crippen LogP contribution in [-0.2, 0) is 9.59 Å². The number of para-hydroxylation sites is 1. The van der Waals surface area contributed by atoms with Gasteiger partial charge in [0.2, 0.25) is 5.91 Å². The third-order valence-corrected chi connectivity index (χ3v) is 6.95. The number of ketones is 1. The lowest BCUT2D eigenvalue weighted by atomic mass is 10.0. The number of likely N-dealkylation sites (tertiary alicyclic amines) is 2. The third-order valence-electron chi connectivity index (χ3n) is 6.95. The molecule has 9 heteroatoms. The Morgan fingerprint density at radius 3 is 2.30 bits per heavy atom. The molecular formula is C28H35N5O4. The highest BCUT2D eigenvalue weighted by atomic mass is 16.2. The van der Waals surface area contributed by atoms with E-state index in [1.807, 2.05) is 63.2 Å². The fourth-order valence-corrected chi connectivity index (χ4v) is 5.10. The van der Waals surface area contributed by atoms with Gasteiger partial charge in [-0.25, -0.2) is 4.79 Å². The van der Waals surface area contributed by atoms with Crippen molar-refractivity contribution in [2.45, 2.75) is 44.8 Å². The summed E-state index contributed by atoms with van der Waals surface area (Å²) >= 11 is 0. The van der Waals surface area contributed by atoms with Gasteiger partial charge in [0.15, 0.2) is 5.78 Å². The van der Waals surface area contributed by atoms with Crippen LogP contribution < -0.4 is 15.5 Å². The van der Waals surface area contributed by atoms with E-state index in [9.17, 15) is 19.2 Å². The van der Waals surface area contributed by atoms with Crippen LogP contribution in [0, 0.1) is 5.92 Å². The average molecular weight is 506 g/mol. The van der Waals surface area contributed by atoms with Gasteiger partial charge in [0.05, 0.1) is 12.6 Å². The predicted octanol–water partition coefficient (Wildman–Crippen LogP) is 2.98. The fourth-order valence-electron chi connectivity index (χ4n) is 5.10. The van der Waals surface area contributed by atoms with E-state index in [4.69, 9.17) is 0 Å². The quantitative estimate of drug-likeness (QED) is 0.603. The number of anilines is 2. The number of rotatable bonds is 7. The number of amides is 4. The minimum Gasteiger partial charge on any atom is -0.378 e. The fraction of sp³-hybridized carbons (Fsp3) is 0.429. The van der Waals surface area contributed by atoms with Crippen LogP contribution in [0.4, 0.5) is 16.2 Å². The van der Waals surface area contributed by atoms with Gasteiger partial charge in [-0.2, -0.15) is 0 Å². The Morgan fingerprint density at radius 1 is 1.00 bits per heavy atom. The van der Waals surface area contributed by atoms with E-state index in [2.05, 4.69) is 10.6 Å². The smallest absolute Gasteiger partial charge is 0.322 e. The lowest BCUT2D eigenvalue weighted by Gasteiger charge is -2.29. The molecule has 4 amide bonds. The number of hydrogen-bond acceptors (Lipinski definition) is 5. The Bertz CT molecular complexity index is 1150. The molecule has 37 heavy (non-hydrogen) atoms. The summed E-state index contributed by atoms with van der Waals surface area (Å²) in [6.45, 7) is 4.29. The van der Waals surface area contributed by atoms with Gasteiger partial charge in [0, 0.05) is 37.6 Å². The highest BCUT2D eigenvalue weighted by molar-refractivity contribution is 6.02. The van der Waals surface area contributed by atoms with E-state index < -0.39 is 12.1 Å². The molecule has 1 unspecified atom stereocenters. The van der Waals surface area contributed by atoms with Crippen LogP contribution >= 0.6 is 0 Å². The SMILES string of the molecule is CC(C)CC(NC(=O)c1ccc(N(C)C)cc1)C(=O)N1CC[C@@H]2[C@H]1C(=O)CN2C(=O)Nc1ccccc1. The standard InChI is InChI=1S/C28H35N5O4/c1-18(2)16-22(30-26(35)19-10-12-21(13-11-19)31(3)4)27(36)32-15-14-23-25(32)24(34)17-33(23)28(37)29-20-8-6-5-7-9-20/h5-13,18,22-23,25H,14-17H2,1-4H3,(H,29,37)(H,30,35)/t22?,23-,25+/m1/s1. The zero-order valence-electron chi connectivity index (χ0n) is 21.8. The molecule has 2 aromatic rings. The van der Waals surface area contributed by atoms with Crippen molar-refractivity contribution in [1.82, 2.24) is 15.1 Å². The zero-order chi connectivity index (χ0) is 26.7. The lowest BCUT2D eigenvalue weighted by Crippen LogP contribution is -2.53. The molecule has 2 aliphatic heterocycles. The lowest BCUT2D eigenvalue weighted by molar-refractivity contribution is -0.138. The highest BCUT2D eigenvalue weighted by Crippen LogP contribution is 2.31. The Labute approximate surface area is 217 Å². The topological polar surface area (TPSA) is 102 Å². The first-order valence-corrected chi connectivity index (χ1v) is 12.7. The molecule has 0 aromatic heterocycles. The van der Waals surface area contributed by atoms with Gasteiger partial charge < -0.3 is 25.3 Å². The maximum atomic E-state index is 13.7. The van der Waals surface area contributed by atoms with Crippen LogP contribution in [-0.4, -0.2) is 78.7 Å². The second-order valence-electron chi connectivity index (χ2n) is 10.3. The molecule has 2 N–H and O–H groups in total. The zero-order valence-corrected chi connectivity index (χ0v) is 21.8. The van der Waals surface area contributed by atoms with Crippen LogP contribution in [0.2, 0.25) is 0 Å². The number of carbonyl (C=O) groups is 4. The van der Waals surface area contributed by atoms with Crippen LogP contribution in [0.3, 0.4) is 0 Å². The molecular weight excluding hydrogens is 470 g/mol. The average Bonchev–Trinajstić information content (AvgIpc) is 3.45. The Kier molecular flexibility index (Phi) is 7.80. The monoisotopic (exact) mass is 505 g/mol. The maximum absolute atomic E-state index is 13.7. The molecule has 3 atom stereocenters. The van der Waals surface area contributed by atoms with Crippen molar-refractivity contribution in [2.24, 2.45) is 5.92 Å². The second kappa shape index (κ2) is 11.0. The molecule has 9 nitrogen and oxygen atoms in total. The number of Topliss-reactive ketones (excluding diaryl/α,β-unsaturated/α-hetero) is 1. The Balaban J connectivity index is 1.46. The van der Waals surface area contributed by atoms with Gasteiger partial charge in [-0.3, -0.25) is 14.4 Å². The van der Waals surface area contributed by atoms with E-state index in [1.165, 1.54) is 4.90 Å². The summed E-state index contributed by atoms with van der Waals surface area (Å²) in [6, 6.07) is 14.0. The molecule has 2 aliphatic rings. The summed E-state index contributed by atoms with van der Waals surface area (Å²) < 4.78 is 0. The first-order chi connectivity index (χ1) is 17.7. The van der Waals surface area contributed by atoms with E-state index in [1.54, 1.807) is 29.2 Å². The summed E-state index contributed by atoms with van der Waals surface area (Å²) in [5.74, 6) is -0.621. The minimum atomic E-state index is -0.764. The molecule has 2 saturated heterocycles. The van der Waals surface area contributed by atoms with Crippen molar-refractivity contribution in [2.75, 3.05) is 37.4 Å². The molecule has 0 spiro atoms. The first kappa shape index (κ1) is 26.2. The normalized spacial score (nSPS) is 19.5. The molecule has 196 valence electrons. The van der Waals surface area contributed by atoms with Gasteiger partial charge in [0.25, 0.3) is 5.91 Å². The number of benzene rings is 2. The van der Waals surface area contributed by atoms with E-state index in [-0.39, 0.29) is 42.1 Å².